The summed E-state index contributed by atoms with van der Waals surface area (Å²) in [5, 5.41) is 2.94. The molecule has 0 aliphatic carbocycles. The van der Waals surface area contributed by atoms with E-state index in [-0.39, 0.29) is 17.7 Å². The molecule has 1 unspecified atom stereocenters. The molecule has 3 rings (SSSR count). The Labute approximate surface area is 141 Å². The van der Waals surface area contributed by atoms with Crippen LogP contribution in [0.2, 0.25) is 0 Å². The van der Waals surface area contributed by atoms with Crippen molar-refractivity contribution in [2.75, 3.05) is 13.2 Å². The molecule has 0 fully saturated rings. The topological polar surface area (TPSA) is 73.6 Å². The Kier molecular flexibility index (Phi) is 4.74. The second-order valence-electron chi connectivity index (χ2n) is 5.83. The molecular weight excluding hydrogens is 308 g/mol. The molecular formula is C18H22N2O4. The molecule has 1 N–H and O–H groups in total. The Morgan fingerprint density at radius 2 is 2.04 bits per heavy atom. The van der Waals surface area contributed by atoms with Gasteiger partial charge in [0.15, 0.2) is 17.4 Å². The van der Waals surface area contributed by atoms with E-state index >= 15 is 0 Å². The van der Waals surface area contributed by atoms with E-state index in [1.165, 1.54) is 0 Å². The van der Waals surface area contributed by atoms with Crippen molar-refractivity contribution in [2.45, 2.75) is 39.7 Å². The molecule has 1 aliphatic rings. The van der Waals surface area contributed by atoms with Gasteiger partial charge in [0.25, 0.3) is 5.91 Å². The van der Waals surface area contributed by atoms with E-state index < -0.39 is 0 Å². The lowest BCUT2D eigenvalue weighted by Gasteiger charge is -2.16. The van der Waals surface area contributed by atoms with E-state index in [0.717, 1.165) is 23.5 Å². The van der Waals surface area contributed by atoms with Gasteiger partial charge in [-0.2, -0.15) is 0 Å². The van der Waals surface area contributed by atoms with Crippen molar-refractivity contribution in [3.8, 4) is 11.5 Å². The molecule has 0 spiro atoms. The number of carbonyl (C=O) groups excluding carboxylic acids is 1. The van der Waals surface area contributed by atoms with Gasteiger partial charge in [-0.05, 0) is 31.5 Å². The Bertz CT molecular complexity index is 739. The summed E-state index contributed by atoms with van der Waals surface area (Å²) in [7, 11) is 0. The van der Waals surface area contributed by atoms with Gasteiger partial charge in [0.2, 0.25) is 5.76 Å². The van der Waals surface area contributed by atoms with E-state index in [4.69, 9.17) is 13.9 Å². The molecule has 0 bridgehead atoms. The van der Waals surface area contributed by atoms with E-state index in [0.29, 0.717) is 31.2 Å². The Morgan fingerprint density at radius 3 is 2.75 bits per heavy atom. The van der Waals surface area contributed by atoms with Crippen LogP contribution in [0.1, 0.15) is 54.0 Å². The number of aryl methyl sites for hydroxylation is 2. The first-order chi connectivity index (χ1) is 11.6. The van der Waals surface area contributed by atoms with Crippen LogP contribution in [0.5, 0.6) is 11.5 Å². The fourth-order valence-corrected chi connectivity index (χ4v) is 2.61. The van der Waals surface area contributed by atoms with E-state index in [1.54, 1.807) is 6.92 Å². The molecule has 6 nitrogen and oxygen atoms in total. The highest BCUT2D eigenvalue weighted by Crippen LogP contribution is 2.32. The number of rotatable bonds is 4. The van der Waals surface area contributed by atoms with Crippen LogP contribution >= 0.6 is 0 Å². The Balaban J connectivity index is 1.74. The van der Waals surface area contributed by atoms with Crippen LogP contribution in [0.25, 0.3) is 0 Å². The first-order valence-electron chi connectivity index (χ1n) is 8.25. The summed E-state index contributed by atoms with van der Waals surface area (Å²) in [6.45, 7) is 6.92. The third-order valence-corrected chi connectivity index (χ3v) is 3.97. The first-order valence-corrected chi connectivity index (χ1v) is 8.25. The van der Waals surface area contributed by atoms with Gasteiger partial charge in [0.1, 0.15) is 0 Å². The number of amides is 1. The van der Waals surface area contributed by atoms with Crippen molar-refractivity contribution in [3.63, 3.8) is 0 Å². The van der Waals surface area contributed by atoms with Gasteiger partial charge in [-0.3, -0.25) is 4.79 Å². The molecule has 1 aromatic carbocycles. The van der Waals surface area contributed by atoms with Gasteiger partial charge >= 0.3 is 0 Å². The number of fused-ring (bicyclic) bond motifs is 1. The van der Waals surface area contributed by atoms with Crippen molar-refractivity contribution in [2.24, 2.45) is 0 Å². The molecule has 128 valence electrons. The zero-order valence-corrected chi connectivity index (χ0v) is 14.2. The van der Waals surface area contributed by atoms with Gasteiger partial charge < -0.3 is 19.2 Å². The second kappa shape index (κ2) is 6.95. The summed E-state index contributed by atoms with van der Waals surface area (Å²) in [6.07, 6.45) is 1.52. The predicted octanol–water partition coefficient (Wildman–Crippen LogP) is 3.20. The third-order valence-electron chi connectivity index (χ3n) is 3.97. The number of oxazole rings is 1. The molecule has 1 amide bonds. The van der Waals surface area contributed by atoms with Crippen LogP contribution in [-0.2, 0) is 6.42 Å². The molecule has 24 heavy (non-hydrogen) atoms. The first kappa shape index (κ1) is 16.4. The van der Waals surface area contributed by atoms with Crippen LogP contribution in [-0.4, -0.2) is 24.1 Å². The smallest absolute Gasteiger partial charge is 0.289 e. The lowest BCUT2D eigenvalue weighted by atomic mass is 10.1. The Hall–Kier alpha value is -2.50. The standard InChI is InChI=1S/C18H22N2O4/c1-4-16-19-12(3)17(24-16)18(21)20-11(2)13-6-7-14-15(10-13)23-9-5-8-22-14/h6-7,10-11H,4-5,8-9H2,1-3H3,(H,20,21). The quantitative estimate of drug-likeness (QED) is 0.932. The van der Waals surface area contributed by atoms with Crippen molar-refractivity contribution >= 4 is 5.91 Å². The highest BCUT2D eigenvalue weighted by Gasteiger charge is 2.20. The largest absolute Gasteiger partial charge is 0.490 e. The van der Waals surface area contributed by atoms with Crippen molar-refractivity contribution in [1.82, 2.24) is 10.3 Å². The molecule has 0 saturated carbocycles. The molecule has 1 aromatic heterocycles. The molecule has 0 saturated heterocycles. The lowest BCUT2D eigenvalue weighted by Crippen LogP contribution is -2.26. The predicted molar refractivity (Wildman–Crippen MR) is 88.5 cm³/mol. The van der Waals surface area contributed by atoms with E-state index in [2.05, 4.69) is 10.3 Å². The molecule has 0 radical (unpaired) electrons. The number of aromatic nitrogens is 1. The van der Waals surface area contributed by atoms with Crippen LogP contribution in [0.3, 0.4) is 0 Å². The summed E-state index contributed by atoms with van der Waals surface area (Å²) >= 11 is 0. The maximum absolute atomic E-state index is 12.4. The zero-order chi connectivity index (χ0) is 17.1. The highest BCUT2D eigenvalue weighted by atomic mass is 16.5. The molecule has 1 aliphatic heterocycles. The number of hydrogen-bond acceptors (Lipinski definition) is 5. The third kappa shape index (κ3) is 3.37. The second-order valence-corrected chi connectivity index (χ2v) is 5.83. The fourth-order valence-electron chi connectivity index (χ4n) is 2.61. The van der Waals surface area contributed by atoms with Crippen LogP contribution in [0, 0.1) is 6.92 Å². The normalized spacial score (nSPS) is 14.8. The van der Waals surface area contributed by atoms with Gasteiger partial charge in [-0.25, -0.2) is 4.98 Å². The summed E-state index contributed by atoms with van der Waals surface area (Å²) in [4.78, 5) is 16.7. The number of ether oxygens (including phenoxy) is 2. The van der Waals surface area contributed by atoms with E-state index in [9.17, 15) is 4.79 Å². The highest BCUT2D eigenvalue weighted by molar-refractivity contribution is 5.92. The van der Waals surface area contributed by atoms with Crippen molar-refractivity contribution in [1.29, 1.82) is 0 Å². The number of nitrogens with one attached hydrogen (secondary N) is 1. The number of benzene rings is 1. The van der Waals surface area contributed by atoms with E-state index in [1.807, 2.05) is 32.0 Å². The minimum atomic E-state index is -0.265. The minimum absolute atomic E-state index is 0.191. The number of hydrogen-bond donors (Lipinski definition) is 1. The minimum Gasteiger partial charge on any atom is -0.490 e. The van der Waals surface area contributed by atoms with Gasteiger partial charge in [-0.15, -0.1) is 0 Å². The average molecular weight is 330 g/mol. The van der Waals surface area contributed by atoms with Gasteiger partial charge in [0.05, 0.1) is 24.9 Å². The molecule has 1 atom stereocenters. The van der Waals surface area contributed by atoms with Crippen molar-refractivity contribution < 1.29 is 18.7 Å². The van der Waals surface area contributed by atoms with Crippen LogP contribution in [0.15, 0.2) is 22.6 Å². The van der Waals surface area contributed by atoms with Crippen molar-refractivity contribution in [3.05, 3.63) is 41.1 Å². The maximum atomic E-state index is 12.4. The lowest BCUT2D eigenvalue weighted by molar-refractivity contribution is 0.0909. The van der Waals surface area contributed by atoms with Gasteiger partial charge in [0, 0.05) is 12.8 Å². The fraction of sp³-hybridized carbons (Fsp3) is 0.444. The molecule has 2 aromatic rings. The summed E-state index contributed by atoms with van der Waals surface area (Å²) in [5.74, 6) is 2.04. The number of carbonyl (C=O) groups is 1. The summed E-state index contributed by atoms with van der Waals surface area (Å²) in [5.41, 5.74) is 1.55. The summed E-state index contributed by atoms with van der Waals surface area (Å²) < 4.78 is 16.8. The Morgan fingerprint density at radius 1 is 1.29 bits per heavy atom. The number of nitrogens with zero attached hydrogens (tertiary/aromatic N) is 1. The summed E-state index contributed by atoms with van der Waals surface area (Å²) in [6, 6.07) is 5.54. The SMILES string of the molecule is CCc1nc(C)c(C(=O)NC(C)c2ccc3c(c2)OCCCO3)o1. The van der Waals surface area contributed by atoms with Gasteiger partial charge in [-0.1, -0.05) is 13.0 Å². The average Bonchev–Trinajstić information content (AvgIpc) is 2.80. The van der Waals surface area contributed by atoms with Crippen LogP contribution in [0.4, 0.5) is 0 Å². The molecule has 2 heterocycles. The maximum Gasteiger partial charge on any atom is 0.289 e. The van der Waals surface area contributed by atoms with Crippen LogP contribution < -0.4 is 14.8 Å². The monoisotopic (exact) mass is 330 g/mol. The zero-order valence-electron chi connectivity index (χ0n) is 14.2. The molecule has 6 heteroatoms.